The molecule has 0 N–H and O–H groups in total. The lowest BCUT2D eigenvalue weighted by Crippen LogP contribution is -2.47. The minimum absolute atomic E-state index is 0.0798. The van der Waals surface area contributed by atoms with Crippen molar-refractivity contribution in [2.24, 2.45) is 0 Å². The normalized spacial score (nSPS) is 17.8. The number of benzene rings is 2. The number of hydrogen-bond acceptors (Lipinski definition) is 5. The van der Waals surface area contributed by atoms with E-state index in [0.29, 0.717) is 28.1 Å². The summed E-state index contributed by atoms with van der Waals surface area (Å²) in [4.78, 5) is 12.5. The van der Waals surface area contributed by atoms with Crippen LogP contribution in [0.5, 0.6) is 0 Å². The Morgan fingerprint density at radius 2 is 1.97 bits per heavy atom. The van der Waals surface area contributed by atoms with Crippen LogP contribution in [0.4, 0.5) is 4.39 Å². The van der Waals surface area contributed by atoms with Crippen molar-refractivity contribution in [2.75, 3.05) is 6.54 Å². The molecule has 1 aliphatic heterocycles. The Bertz CT molecular complexity index is 1320. The molecule has 1 aromatic heterocycles. The van der Waals surface area contributed by atoms with Crippen molar-refractivity contribution in [3.63, 3.8) is 0 Å². The van der Waals surface area contributed by atoms with Crippen LogP contribution >= 0.6 is 11.6 Å². The molecular weight excluding hydrogens is 445 g/mol. The third-order valence-electron chi connectivity index (χ3n) is 5.90. The van der Waals surface area contributed by atoms with Crippen LogP contribution in [-0.4, -0.2) is 29.0 Å². The Kier molecular flexibility index (Phi) is 5.53. The zero-order valence-corrected chi connectivity index (χ0v) is 18.7. The molecule has 2 aromatic carbocycles. The summed E-state index contributed by atoms with van der Waals surface area (Å²) in [5, 5.41) is 4.39. The second-order valence-electron chi connectivity index (χ2n) is 7.67. The van der Waals surface area contributed by atoms with Crippen LogP contribution in [0.15, 0.2) is 50.8 Å². The molecular formula is C21H21ClFN3O4S. The van der Waals surface area contributed by atoms with Gasteiger partial charge in [0.15, 0.2) is 0 Å². The van der Waals surface area contributed by atoms with Gasteiger partial charge in [0.25, 0.3) is 0 Å². The first-order valence-corrected chi connectivity index (χ1v) is 11.5. The number of nitrogens with zero attached hydrogens (tertiary/aromatic N) is 3. The SMILES string of the molecule is Cc1ccc(F)c(C(C)C(N2CCc3cc(Cl)ccc3S2(=O)=O)n2ncoc2=O)c1C. The highest BCUT2D eigenvalue weighted by molar-refractivity contribution is 7.89. The van der Waals surface area contributed by atoms with Crippen LogP contribution in [0.2, 0.25) is 5.02 Å². The molecule has 3 aromatic rings. The highest BCUT2D eigenvalue weighted by Gasteiger charge is 2.42. The maximum absolute atomic E-state index is 14.9. The molecule has 0 aliphatic carbocycles. The van der Waals surface area contributed by atoms with Gasteiger partial charge in [0, 0.05) is 17.5 Å². The summed E-state index contributed by atoms with van der Waals surface area (Å²) in [5.41, 5.74) is 2.48. The fourth-order valence-corrected chi connectivity index (χ4v) is 6.31. The van der Waals surface area contributed by atoms with Crippen LogP contribution in [0, 0.1) is 19.7 Å². The maximum Gasteiger partial charge on any atom is 0.438 e. The highest BCUT2D eigenvalue weighted by Crippen LogP contribution is 2.40. The second kappa shape index (κ2) is 7.89. The average Bonchev–Trinajstić information content (AvgIpc) is 3.12. The van der Waals surface area contributed by atoms with Crippen molar-refractivity contribution in [1.29, 1.82) is 0 Å². The summed E-state index contributed by atoms with van der Waals surface area (Å²) in [6.07, 6.45) is 0.224. The Hall–Kier alpha value is -2.49. The fraction of sp³-hybridized carbons (Fsp3) is 0.333. The van der Waals surface area contributed by atoms with E-state index in [1.54, 1.807) is 26.0 Å². The minimum atomic E-state index is -4.02. The smallest absolute Gasteiger partial charge is 0.395 e. The molecule has 2 atom stereocenters. The molecule has 0 saturated carbocycles. The first kappa shape index (κ1) is 21.7. The largest absolute Gasteiger partial charge is 0.438 e. The van der Waals surface area contributed by atoms with Gasteiger partial charge < -0.3 is 4.42 Å². The summed E-state index contributed by atoms with van der Waals surface area (Å²) in [7, 11) is -4.02. The van der Waals surface area contributed by atoms with Crippen LogP contribution in [0.25, 0.3) is 0 Å². The third kappa shape index (κ3) is 3.60. The number of sulfonamides is 1. The van der Waals surface area contributed by atoms with E-state index in [9.17, 15) is 17.6 Å². The van der Waals surface area contributed by atoms with Crippen LogP contribution in [0.3, 0.4) is 0 Å². The van der Waals surface area contributed by atoms with E-state index in [2.05, 4.69) is 5.10 Å². The van der Waals surface area contributed by atoms with E-state index in [1.807, 2.05) is 6.92 Å². The van der Waals surface area contributed by atoms with Gasteiger partial charge in [-0.05, 0) is 66.8 Å². The summed E-state index contributed by atoms with van der Waals surface area (Å²) in [6.45, 7) is 5.38. The molecule has 0 fully saturated rings. The van der Waals surface area contributed by atoms with Gasteiger partial charge in [-0.3, -0.25) is 0 Å². The zero-order valence-electron chi connectivity index (χ0n) is 17.2. The molecule has 164 valence electrons. The van der Waals surface area contributed by atoms with Crippen molar-refractivity contribution >= 4 is 21.6 Å². The van der Waals surface area contributed by atoms with Gasteiger partial charge >= 0.3 is 5.76 Å². The Balaban J connectivity index is 1.90. The summed E-state index contributed by atoms with van der Waals surface area (Å²) >= 11 is 6.03. The lowest BCUT2D eigenvalue weighted by Gasteiger charge is -2.37. The van der Waals surface area contributed by atoms with E-state index >= 15 is 0 Å². The zero-order chi connectivity index (χ0) is 22.5. The molecule has 2 heterocycles. The summed E-state index contributed by atoms with van der Waals surface area (Å²) in [6, 6.07) is 7.59. The summed E-state index contributed by atoms with van der Waals surface area (Å²) < 4.78 is 49.0. The number of halogens is 2. The number of fused-ring (bicyclic) bond motifs is 1. The average molecular weight is 466 g/mol. The van der Waals surface area contributed by atoms with Gasteiger partial charge in [-0.15, -0.1) is 5.10 Å². The molecule has 2 unspecified atom stereocenters. The first-order chi connectivity index (χ1) is 14.6. The van der Waals surface area contributed by atoms with Crippen molar-refractivity contribution in [1.82, 2.24) is 14.1 Å². The Morgan fingerprint density at radius 1 is 1.23 bits per heavy atom. The quantitative estimate of drug-likeness (QED) is 0.585. The van der Waals surface area contributed by atoms with Crippen molar-refractivity contribution < 1.29 is 17.2 Å². The lowest BCUT2D eigenvalue weighted by atomic mass is 9.90. The number of aryl methyl sites for hydroxylation is 1. The molecule has 0 saturated heterocycles. The molecule has 4 rings (SSSR count). The Labute approximate surface area is 184 Å². The monoisotopic (exact) mass is 465 g/mol. The highest BCUT2D eigenvalue weighted by atomic mass is 35.5. The van der Waals surface area contributed by atoms with Crippen LogP contribution in [0.1, 0.15) is 41.3 Å². The van der Waals surface area contributed by atoms with Gasteiger partial charge in [0.2, 0.25) is 16.4 Å². The fourth-order valence-electron chi connectivity index (χ4n) is 4.24. The molecule has 0 radical (unpaired) electrons. The standard InChI is InChI=1S/C21H21ClFN3O4S/c1-12-4-6-17(23)19(13(12)2)14(3)20(26-21(27)30-11-24-26)25-9-8-15-10-16(22)5-7-18(15)31(25,28)29/h4-7,10-11,14,20H,8-9H2,1-3H3. The molecule has 0 bridgehead atoms. The van der Waals surface area contributed by atoms with Gasteiger partial charge in [0.1, 0.15) is 12.0 Å². The van der Waals surface area contributed by atoms with E-state index < -0.39 is 33.7 Å². The van der Waals surface area contributed by atoms with Crippen molar-refractivity contribution in [3.8, 4) is 0 Å². The van der Waals surface area contributed by atoms with E-state index in [-0.39, 0.29) is 11.4 Å². The number of rotatable bonds is 4. The van der Waals surface area contributed by atoms with Gasteiger partial charge in [-0.25, -0.2) is 17.6 Å². The predicted octanol–water partition coefficient (Wildman–Crippen LogP) is 3.79. The molecule has 0 spiro atoms. The lowest BCUT2D eigenvalue weighted by molar-refractivity contribution is 0.183. The second-order valence-corrected chi connectivity index (χ2v) is 9.97. The van der Waals surface area contributed by atoms with Crippen molar-refractivity contribution in [2.45, 2.75) is 44.2 Å². The molecule has 31 heavy (non-hydrogen) atoms. The van der Waals surface area contributed by atoms with E-state index in [0.717, 1.165) is 16.6 Å². The van der Waals surface area contributed by atoms with E-state index in [4.69, 9.17) is 16.0 Å². The van der Waals surface area contributed by atoms with Crippen molar-refractivity contribution in [3.05, 3.63) is 80.4 Å². The van der Waals surface area contributed by atoms with E-state index in [1.165, 1.54) is 22.5 Å². The van der Waals surface area contributed by atoms with Crippen LogP contribution in [-0.2, 0) is 16.4 Å². The minimum Gasteiger partial charge on any atom is -0.395 e. The van der Waals surface area contributed by atoms with Gasteiger partial charge in [-0.2, -0.15) is 8.99 Å². The number of hydrogen-bond donors (Lipinski definition) is 0. The third-order valence-corrected chi connectivity index (χ3v) is 8.11. The van der Waals surface area contributed by atoms with Gasteiger partial charge in [0.05, 0.1) is 4.90 Å². The van der Waals surface area contributed by atoms with Gasteiger partial charge in [-0.1, -0.05) is 24.6 Å². The molecule has 1 aliphatic rings. The molecule has 7 nitrogen and oxygen atoms in total. The molecule has 10 heteroatoms. The van der Waals surface area contributed by atoms with Crippen LogP contribution < -0.4 is 5.76 Å². The first-order valence-electron chi connectivity index (χ1n) is 9.71. The maximum atomic E-state index is 14.9. The topological polar surface area (TPSA) is 85.4 Å². The summed E-state index contributed by atoms with van der Waals surface area (Å²) in [5.74, 6) is -2.02. The molecule has 0 amide bonds. The predicted molar refractivity (Wildman–Crippen MR) is 113 cm³/mol. The number of aromatic nitrogens is 2. The Morgan fingerprint density at radius 3 is 2.65 bits per heavy atom.